The quantitative estimate of drug-likeness (QED) is 0.889. The molecular weight excluding hydrogens is 258 g/mol. The summed E-state index contributed by atoms with van der Waals surface area (Å²) in [5.41, 5.74) is 1.43. The Hall–Kier alpha value is -1.52. The Morgan fingerprint density at radius 3 is 2.82 bits per heavy atom. The minimum Gasteiger partial charge on any atom is -0.479 e. The lowest BCUT2D eigenvalue weighted by Gasteiger charge is -2.14. The molecule has 1 aromatic carbocycles. The standard InChI is InChI=1S/C12H10ClNO2S/c13-9-2-1-3-10(6-9)14-11(12(15)16)8-4-5-17-7-8/h1-7,11,14H,(H,15,16). The summed E-state index contributed by atoms with van der Waals surface area (Å²) in [4.78, 5) is 11.2. The highest BCUT2D eigenvalue weighted by Crippen LogP contribution is 2.23. The highest BCUT2D eigenvalue weighted by Gasteiger charge is 2.19. The van der Waals surface area contributed by atoms with Crippen molar-refractivity contribution < 1.29 is 9.90 Å². The Balaban J connectivity index is 2.22. The van der Waals surface area contributed by atoms with Gasteiger partial charge in [-0.25, -0.2) is 4.79 Å². The van der Waals surface area contributed by atoms with E-state index >= 15 is 0 Å². The van der Waals surface area contributed by atoms with Crippen molar-refractivity contribution in [1.82, 2.24) is 0 Å². The minimum atomic E-state index is -0.914. The maximum Gasteiger partial charge on any atom is 0.330 e. The molecule has 1 unspecified atom stereocenters. The molecule has 3 nitrogen and oxygen atoms in total. The molecule has 88 valence electrons. The SMILES string of the molecule is O=C(O)C(Nc1cccc(Cl)c1)c1ccsc1. The number of rotatable bonds is 4. The number of nitrogens with one attached hydrogen (secondary N) is 1. The fourth-order valence-electron chi connectivity index (χ4n) is 1.47. The third-order valence-electron chi connectivity index (χ3n) is 2.26. The van der Waals surface area contributed by atoms with Gasteiger partial charge in [-0.05, 0) is 40.6 Å². The van der Waals surface area contributed by atoms with Crippen LogP contribution < -0.4 is 5.32 Å². The van der Waals surface area contributed by atoms with Crippen molar-refractivity contribution >= 4 is 34.6 Å². The molecule has 1 atom stereocenters. The Morgan fingerprint density at radius 2 is 2.24 bits per heavy atom. The molecule has 0 spiro atoms. The van der Waals surface area contributed by atoms with Crippen molar-refractivity contribution in [2.75, 3.05) is 5.32 Å². The Morgan fingerprint density at radius 1 is 1.41 bits per heavy atom. The molecule has 0 saturated heterocycles. The van der Waals surface area contributed by atoms with E-state index in [1.165, 1.54) is 11.3 Å². The summed E-state index contributed by atoms with van der Waals surface area (Å²) < 4.78 is 0. The van der Waals surface area contributed by atoms with Crippen molar-refractivity contribution in [1.29, 1.82) is 0 Å². The Bertz CT molecular complexity index is 513. The van der Waals surface area contributed by atoms with Gasteiger partial charge in [0.1, 0.15) is 0 Å². The van der Waals surface area contributed by atoms with E-state index in [1.54, 1.807) is 30.3 Å². The normalized spacial score (nSPS) is 12.1. The van der Waals surface area contributed by atoms with Crippen LogP contribution in [-0.2, 0) is 4.79 Å². The van der Waals surface area contributed by atoms with Gasteiger partial charge in [-0.3, -0.25) is 0 Å². The Labute approximate surface area is 108 Å². The summed E-state index contributed by atoms with van der Waals surface area (Å²) in [6, 6.07) is 8.04. The van der Waals surface area contributed by atoms with E-state index in [9.17, 15) is 9.90 Å². The molecule has 5 heteroatoms. The number of thiophene rings is 1. The molecule has 17 heavy (non-hydrogen) atoms. The molecule has 2 N–H and O–H groups in total. The maximum absolute atomic E-state index is 11.2. The van der Waals surface area contributed by atoms with Crippen molar-refractivity contribution in [3.8, 4) is 0 Å². The third-order valence-corrected chi connectivity index (χ3v) is 3.20. The van der Waals surface area contributed by atoms with Gasteiger partial charge < -0.3 is 10.4 Å². The van der Waals surface area contributed by atoms with E-state index in [1.807, 2.05) is 10.8 Å². The molecule has 2 aromatic rings. The number of carbonyl (C=O) groups is 1. The fourth-order valence-corrected chi connectivity index (χ4v) is 2.35. The predicted molar refractivity (Wildman–Crippen MR) is 69.8 cm³/mol. The second-order valence-electron chi connectivity index (χ2n) is 3.48. The van der Waals surface area contributed by atoms with Gasteiger partial charge in [0.2, 0.25) is 0 Å². The second-order valence-corrected chi connectivity index (χ2v) is 4.70. The molecule has 0 aliphatic carbocycles. The topological polar surface area (TPSA) is 49.3 Å². The molecule has 0 aliphatic rings. The molecule has 0 amide bonds. The monoisotopic (exact) mass is 267 g/mol. The van der Waals surface area contributed by atoms with Gasteiger partial charge in [-0.15, -0.1) is 0 Å². The van der Waals surface area contributed by atoms with Crippen LogP contribution in [0.3, 0.4) is 0 Å². The molecule has 1 aromatic heterocycles. The number of carboxylic acids is 1. The summed E-state index contributed by atoms with van der Waals surface area (Å²) in [5, 5.41) is 16.4. The first-order chi connectivity index (χ1) is 8.16. The maximum atomic E-state index is 11.2. The molecule has 0 radical (unpaired) electrons. The largest absolute Gasteiger partial charge is 0.479 e. The van der Waals surface area contributed by atoms with Crippen LogP contribution in [0, 0.1) is 0 Å². The number of carboxylic acid groups (broad SMARTS) is 1. The van der Waals surface area contributed by atoms with E-state index in [0.29, 0.717) is 10.7 Å². The molecular formula is C12H10ClNO2S. The number of benzene rings is 1. The molecule has 1 heterocycles. The lowest BCUT2D eigenvalue weighted by molar-refractivity contribution is -0.138. The average Bonchev–Trinajstić information content (AvgIpc) is 2.78. The van der Waals surface area contributed by atoms with Crippen molar-refractivity contribution in [3.05, 3.63) is 51.7 Å². The summed E-state index contributed by atoms with van der Waals surface area (Å²) in [7, 11) is 0. The predicted octanol–water partition coefficient (Wildman–Crippen LogP) is 3.64. The van der Waals surface area contributed by atoms with E-state index in [0.717, 1.165) is 5.56 Å². The van der Waals surface area contributed by atoms with Gasteiger partial charge in [0.25, 0.3) is 0 Å². The smallest absolute Gasteiger partial charge is 0.330 e. The first kappa shape index (κ1) is 12.0. The third kappa shape index (κ3) is 2.99. The molecule has 2 rings (SSSR count). The van der Waals surface area contributed by atoms with E-state index < -0.39 is 12.0 Å². The van der Waals surface area contributed by atoms with Crippen LogP contribution in [0.25, 0.3) is 0 Å². The van der Waals surface area contributed by atoms with Crippen molar-refractivity contribution in [2.45, 2.75) is 6.04 Å². The van der Waals surface area contributed by atoms with Gasteiger partial charge in [-0.2, -0.15) is 11.3 Å². The molecule has 0 aliphatic heterocycles. The Kier molecular flexibility index (Phi) is 3.66. The summed E-state index contributed by atoms with van der Waals surface area (Å²) >= 11 is 7.32. The first-order valence-electron chi connectivity index (χ1n) is 4.94. The average molecular weight is 268 g/mol. The zero-order valence-electron chi connectivity index (χ0n) is 8.76. The number of halogens is 1. The van der Waals surface area contributed by atoms with Crippen LogP contribution in [0.2, 0.25) is 5.02 Å². The van der Waals surface area contributed by atoms with Gasteiger partial charge >= 0.3 is 5.97 Å². The second kappa shape index (κ2) is 5.21. The zero-order valence-corrected chi connectivity index (χ0v) is 10.3. The summed E-state index contributed by atoms with van der Waals surface area (Å²) in [6.07, 6.45) is 0. The van der Waals surface area contributed by atoms with Crippen LogP contribution in [0.15, 0.2) is 41.1 Å². The van der Waals surface area contributed by atoms with E-state index in [4.69, 9.17) is 11.6 Å². The van der Waals surface area contributed by atoms with E-state index in [-0.39, 0.29) is 0 Å². The van der Waals surface area contributed by atoms with Crippen LogP contribution in [0.5, 0.6) is 0 Å². The van der Waals surface area contributed by atoms with Crippen molar-refractivity contribution in [2.24, 2.45) is 0 Å². The number of aliphatic carboxylic acids is 1. The van der Waals surface area contributed by atoms with Crippen molar-refractivity contribution in [3.63, 3.8) is 0 Å². The first-order valence-corrected chi connectivity index (χ1v) is 6.26. The fraction of sp³-hybridized carbons (Fsp3) is 0.0833. The molecule has 0 fully saturated rings. The molecule has 0 bridgehead atoms. The van der Waals surface area contributed by atoms with Crippen LogP contribution in [0.1, 0.15) is 11.6 Å². The van der Waals surface area contributed by atoms with Crippen LogP contribution in [-0.4, -0.2) is 11.1 Å². The van der Waals surface area contributed by atoms with Gasteiger partial charge in [0, 0.05) is 10.7 Å². The van der Waals surface area contributed by atoms with Gasteiger partial charge in [-0.1, -0.05) is 17.7 Å². The lowest BCUT2D eigenvalue weighted by Crippen LogP contribution is -2.19. The highest BCUT2D eigenvalue weighted by atomic mass is 35.5. The summed E-state index contributed by atoms with van der Waals surface area (Å²) in [6.45, 7) is 0. The van der Waals surface area contributed by atoms with Crippen LogP contribution in [0.4, 0.5) is 5.69 Å². The van der Waals surface area contributed by atoms with Gasteiger partial charge in [0.15, 0.2) is 6.04 Å². The number of anilines is 1. The summed E-state index contributed by atoms with van der Waals surface area (Å²) in [5.74, 6) is -0.914. The van der Waals surface area contributed by atoms with Gasteiger partial charge in [0.05, 0.1) is 0 Å². The van der Waals surface area contributed by atoms with E-state index in [2.05, 4.69) is 5.32 Å². The van der Waals surface area contributed by atoms with Crippen LogP contribution >= 0.6 is 22.9 Å². The zero-order chi connectivity index (χ0) is 12.3. The number of hydrogen-bond donors (Lipinski definition) is 2. The molecule has 0 saturated carbocycles. The lowest BCUT2D eigenvalue weighted by atomic mass is 10.1. The highest BCUT2D eigenvalue weighted by molar-refractivity contribution is 7.08. The number of hydrogen-bond acceptors (Lipinski definition) is 3. The minimum absolute atomic E-state index is 0.574.